The molecule has 0 aliphatic heterocycles. The van der Waals surface area contributed by atoms with Crippen LogP contribution in [0.3, 0.4) is 0 Å². The molecule has 0 radical (unpaired) electrons. The largest absolute Gasteiger partial charge is 0.463 e. The van der Waals surface area contributed by atoms with Gasteiger partial charge in [-0.2, -0.15) is 8.42 Å². The molecule has 0 amide bonds. The van der Waals surface area contributed by atoms with Crippen LogP contribution in [0, 0.1) is 5.92 Å². The lowest BCUT2D eigenvalue weighted by Crippen LogP contribution is -2.28. The van der Waals surface area contributed by atoms with Gasteiger partial charge in [0.1, 0.15) is 10.6 Å². The van der Waals surface area contributed by atoms with Crippen LogP contribution in [0.5, 0.6) is 5.75 Å². The Balaban J connectivity index is 1.84. The van der Waals surface area contributed by atoms with Gasteiger partial charge in [-0.05, 0) is 74.0 Å². The number of carbonyl (C=O) groups excluding carboxylic acids is 1. The van der Waals surface area contributed by atoms with Gasteiger partial charge in [0.15, 0.2) is 0 Å². The molecule has 2 N–H and O–H groups in total. The van der Waals surface area contributed by atoms with E-state index < -0.39 is 10.1 Å². The molecule has 3 aromatic carbocycles. The first-order chi connectivity index (χ1) is 16.3. The van der Waals surface area contributed by atoms with Crippen molar-refractivity contribution in [2.45, 2.75) is 43.6 Å². The second kappa shape index (κ2) is 11.8. The van der Waals surface area contributed by atoms with Crippen LogP contribution >= 0.6 is 0 Å². The predicted molar refractivity (Wildman–Crippen MR) is 132 cm³/mol. The molecule has 0 heterocycles. The maximum absolute atomic E-state index is 12.5. The molecule has 7 heteroatoms. The molecule has 3 aromatic rings. The first-order valence-corrected chi connectivity index (χ1v) is 12.7. The van der Waals surface area contributed by atoms with Crippen LogP contribution in [-0.2, 0) is 26.1 Å². The number of hydrogen-bond donors (Lipinski definition) is 1. The summed E-state index contributed by atoms with van der Waals surface area (Å²) in [6.45, 7) is 3.95. The summed E-state index contributed by atoms with van der Waals surface area (Å²) in [6.07, 6.45) is 0.689. The van der Waals surface area contributed by atoms with Gasteiger partial charge in [-0.3, -0.25) is 4.79 Å². The lowest BCUT2D eigenvalue weighted by Gasteiger charge is -2.27. The number of carbonyl (C=O) groups is 1. The molecule has 0 fully saturated rings. The molecule has 2 atom stereocenters. The fourth-order valence-electron chi connectivity index (χ4n) is 3.87. The molecule has 0 aromatic heterocycles. The van der Waals surface area contributed by atoms with E-state index in [1.54, 1.807) is 30.3 Å². The van der Waals surface area contributed by atoms with E-state index in [2.05, 4.69) is 0 Å². The van der Waals surface area contributed by atoms with Gasteiger partial charge >= 0.3 is 16.1 Å². The lowest BCUT2D eigenvalue weighted by atomic mass is 9.80. The molecule has 34 heavy (non-hydrogen) atoms. The van der Waals surface area contributed by atoms with E-state index in [-0.39, 0.29) is 41.0 Å². The first kappa shape index (κ1) is 25.5. The molecule has 0 bridgehead atoms. The Bertz CT molecular complexity index is 1150. The van der Waals surface area contributed by atoms with Gasteiger partial charge in [0.2, 0.25) is 0 Å². The topological polar surface area (TPSA) is 95.7 Å². The quantitative estimate of drug-likeness (QED) is 0.315. The Morgan fingerprint density at radius 3 is 2.03 bits per heavy atom. The van der Waals surface area contributed by atoms with Crippen LogP contribution in [0.15, 0.2) is 89.8 Å². The summed E-state index contributed by atoms with van der Waals surface area (Å²) >= 11 is 0. The lowest BCUT2D eigenvalue weighted by molar-refractivity contribution is -0.148. The molecule has 2 unspecified atom stereocenters. The van der Waals surface area contributed by atoms with Crippen molar-refractivity contribution in [1.82, 2.24) is 0 Å². The van der Waals surface area contributed by atoms with E-state index in [1.807, 2.05) is 56.3 Å². The minimum absolute atomic E-state index is 0.0631. The summed E-state index contributed by atoms with van der Waals surface area (Å²) in [5.74, 6) is -0.273. The summed E-state index contributed by atoms with van der Waals surface area (Å²) in [5.41, 5.74) is 8.18. The Kier molecular flexibility index (Phi) is 8.85. The average molecular weight is 482 g/mol. The van der Waals surface area contributed by atoms with Gasteiger partial charge in [-0.25, -0.2) is 0 Å². The van der Waals surface area contributed by atoms with Crippen molar-refractivity contribution >= 4 is 16.1 Å². The number of ether oxygens (including phenoxy) is 1. The van der Waals surface area contributed by atoms with Crippen molar-refractivity contribution in [3.8, 4) is 5.75 Å². The van der Waals surface area contributed by atoms with E-state index in [4.69, 9.17) is 14.7 Å². The zero-order valence-electron chi connectivity index (χ0n) is 19.5. The molecule has 0 saturated carbocycles. The molecule has 6 nitrogen and oxygen atoms in total. The number of benzene rings is 3. The van der Waals surface area contributed by atoms with Gasteiger partial charge < -0.3 is 14.7 Å². The van der Waals surface area contributed by atoms with Crippen LogP contribution in [0.1, 0.15) is 37.3 Å². The van der Waals surface area contributed by atoms with Gasteiger partial charge in [0.25, 0.3) is 0 Å². The summed E-state index contributed by atoms with van der Waals surface area (Å²) in [7, 11) is -3.92. The number of nitrogens with two attached hydrogens (primary N) is 1. The monoisotopic (exact) mass is 481 g/mol. The summed E-state index contributed by atoms with van der Waals surface area (Å²) in [6, 6.07) is 24.9. The smallest absolute Gasteiger partial charge is 0.339 e. The van der Waals surface area contributed by atoms with Crippen LogP contribution in [-0.4, -0.2) is 27.0 Å². The van der Waals surface area contributed by atoms with Crippen molar-refractivity contribution in [3.05, 3.63) is 96.1 Å². The maximum atomic E-state index is 12.5. The minimum Gasteiger partial charge on any atom is -0.463 e. The third kappa shape index (κ3) is 7.17. The Hall–Kier alpha value is -3.16. The molecular formula is C27H31NO5S. The molecule has 0 aliphatic carbocycles. The molecule has 0 spiro atoms. The first-order valence-electron chi connectivity index (χ1n) is 11.3. The average Bonchev–Trinajstić information content (AvgIpc) is 2.82. The fourth-order valence-corrected chi connectivity index (χ4v) is 4.82. The number of rotatable bonds is 11. The molecular weight excluding hydrogens is 450 g/mol. The zero-order valence-corrected chi connectivity index (χ0v) is 20.3. The molecule has 180 valence electrons. The third-order valence-electron chi connectivity index (χ3n) is 5.51. The zero-order chi connectivity index (χ0) is 24.6. The van der Waals surface area contributed by atoms with Crippen molar-refractivity contribution in [1.29, 1.82) is 0 Å². The highest BCUT2D eigenvalue weighted by atomic mass is 32.2. The van der Waals surface area contributed by atoms with Gasteiger partial charge in [-0.15, -0.1) is 0 Å². The SMILES string of the molecule is CC(C)OC(=O)CC(CN)C(Cc1ccccc1)c1ccc(OS(=O)(=O)c2ccccc2)cc1. The van der Waals surface area contributed by atoms with Crippen LogP contribution in [0.4, 0.5) is 0 Å². The standard InChI is InChI=1S/C27H31NO5S/c1-20(2)32-27(29)18-23(19-28)26(17-21-9-5-3-6-10-21)22-13-15-24(16-14-22)33-34(30,31)25-11-7-4-8-12-25/h3-16,20,23,26H,17-19,28H2,1-2H3. The van der Waals surface area contributed by atoms with Crippen LogP contribution in [0.2, 0.25) is 0 Å². The summed E-state index contributed by atoms with van der Waals surface area (Å²) in [5, 5.41) is 0. The van der Waals surface area contributed by atoms with Gasteiger partial charge in [0.05, 0.1) is 12.5 Å². The van der Waals surface area contributed by atoms with Crippen molar-refractivity contribution in [2.24, 2.45) is 11.7 Å². The Morgan fingerprint density at radius 1 is 0.882 bits per heavy atom. The van der Waals surface area contributed by atoms with E-state index >= 15 is 0 Å². The summed E-state index contributed by atoms with van der Waals surface area (Å²) in [4.78, 5) is 12.5. The van der Waals surface area contributed by atoms with E-state index in [9.17, 15) is 13.2 Å². The van der Waals surface area contributed by atoms with Crippen LogP contribution < -0.4 is 9.92 Å². The molecule has 0 saturated heterocycles. The van der Waals surface area contributed by atoms with E-state index in [0.717, 1.165) is 11.1 Å². The fraction of sp³-hybridized carbons (Fsp3) is 0.296. The highest BCUT2D eigenvalue weighted by molar-refractivity contribution is 7.87. The maximum Gasteiger partial charge on any atom is 0.339 e. The van der Waals surface area contributed by atoms with E-state index in [0.29, 0.717) is 13.0 Å². The van der Waals surface area contributed by atoms with Crippen LogP contribution in [0.25, 0.3) is 0 Å². The molecule has 3 rings (SSSR count). The Labute approximate surface area is 201 Å². The third-order valence-corrected chi connectivity index (χ3v) is 6.77. The predicted octanol–water partition coefficient (Wildman–Crippen LogP) is 4.70. The van der Waals surface area contributed by atoms with Crippen molar-refractivity contribution in [2.75, 3.05) is 6.54 Å². The van der Waals surface area contributed by atoms with Crippen molar-refractivity contribution in [3.63, 3.8) is 0 Å². The molecule has 0 aliphatic rings. The number of esters is 1. The van der Waals surface area contributed by atoms with Gasteiger partial charge in [-0.1, -0.05) is 60.7 Å². The highest BCUT2D eigenvalue weighted by Crippen LogP contribution is 2.32. The number of hydrogen-bond acceptors (Lipinski definition) is 6. The van der Waals surface area contributed by atoms with Gasteiger partial charge in [0, 0.05) is 0 Å². The highest BCUT2D eigenvalue weighted by Gasteiger charge is 2.26. The minimum atomic E-state index is -3.92. The van der Waals surface area contributed by atoms with Crippen molar-refractivity contribution < 1.29 is 22.1 Å². The summed E-state index contributed by atoms with van der Waals surface area (Å²) < 4.78 is 35.7. The second-order valence-electron chi connectivity index (χ2n) is 8.45. The Morgan fingerprint density at radius 2 is 1.47 bits per heavy atom. The normalized spacial score (nSPS) is 13.3. The second-order valence-corrected chi connectivity index (χ2v) is 10.0. The van der Waals surface area contributed by atoms with E-state index in [1.165, 1.54) is 12.1 Å².